The van der Waals surface area contributed by atoms with Crippen LogP contribution in [-0.4, -0.2) is 6.21 Å². The molecular formula is C13H15N. The molecule has 0 N–H and O–H groups in total. The van der Waals surface area contributed by atoms with Gasteiger partial charge in [0.05, 0.1) is 5.70 Å². The molecule has 0 aromatic heterocycles. The van der Waals surface area contributed by atoms with Crippen LogP contribution in [0.25, 0.3) is 5.70 Å². The molecule has 0 bridgehead atoms. The lowest BCUT2D eigenvalue weighted by Gasteiger charge is -2.06. The van der Waals surface area contributed by atoms with Crippen molar-refractivity contribution in [2.45, 2.75) is 26.2 Å². The number of aliphatic imine (C=N–C) groups is 1. The van der Waals surface area contributed by atoms with Crippen LogP contribution in [0.4, 0.5) is 0 Å². The summed E-state index contributed by atoms with van der Waals surface area (Å²) in [5.41, 5.74) is 3.72. The van der Waals surface area contributed by atoms with Crippen LogP contribution in [0.15, 0.2) is 35.3 Å². The minimum Gasteiger partial charge on any atom is -0.261 e. The molecule has 1 aliphatic rings. The lowest BCUT2D eigenvalue weighted by Crippen LogP contribution is -1.87. The molecule has 0 fully saturated rings. The van der Waals surface area contributed by atoms with E-state index in [-0.39, 0.29) is 0 Å². The summed E-state index contributed by atoms with van der Waals surface area (Å²) in [6.45, 7) is 4.42. The minimum atomic E-state index is 0.602. The average molecular weight is 185 g/mol. The second kappa shape index (κ2) is 3.79. The zero-order chi connectivity index (χ0) is 9.97. The highest BCUT2D eigenvalue weighted by atomic mass is 14.7. The Morgan fingerprint density at radius 3 is 2.36 bits per heavy atom. The summed E-state index contributed by atoms with van der Waals surface area (Å²) in [5.74, 6) is 0.602. The standard InChI is InChI=1S/C13H15N/c1-10(2)11-5-7-12(8-6-11)13-4-3-9-14-13/h4-10H,3H2,1-2H3. The molecule has 1 heteroatoms. The predicted octanol–water partition coefficient (Wildman–Crippen LogP) is 3.63. The Labute approximate surface area is 85.2 Å². The third-order valence-corrected chi connectivity index (χ3v) is 2.52. The van der Waals surface area contributed by atoms with Crippen molar-refractivity contribution >= 4 is 11.9 Å². The molecule has 0 atom stereocenters. The molecule has 0 aliphatic carbocycles. The Kier molecular flexibility index (Phi) is 2.49. The summed E-state index contributed by atoms with van der Waals surface area (Å²) in [4.78, 5) is 4.32. The number of allylic oxidation sites excluding steroid dienone is 1. The number of rotatable bonds is 2. The molecule has 14 heavy (non-hydrogen) atoms. The first-order valence-electron chi connectivity index (χ1n) is 5.10. The van der Waals surface area contributed by atoms with Gasteiger partial charge in [-0.15, -0.1) is 0 Å². The van der Waals surface area contributed by atoms with Gasteiger partial charge in [-0.2, -0.15) is 0 Å². The van der Waals surface area contributed by atoms with Crippen LogP contribution in [-0.2, 0) is 0 Å². The zero-order valence-electron chi connectivity index (χ0n) is 8.70. The van der Waals surface area contributed by atoms with Crippen LogP contribution < -0.4 is 0 Å². The summed E-state index contributed by atoms with van der Waals surface area (Å²) in [6.07, 6.45) is 5.08. The third-order valence-electron chi connectivity index (χ3n) is 2.52. The molecule has 0 amide bonds. The first kappa shape index (κ1) is 9.20. The van der Waals surface area contributed by atoms with Gasteiger partial charge in [-0.3, -0.25) is 4.99 Å². The monoisotopic (exact) mass is 185 g/mol. The first-order chi connectivity index (χ1) is 6.77. The summed E-state index contributed by atoms with van der Waals surface area (Å²) >= 11 is 0. The fourth-order valence-electron chi connectivity index (χ4n) is 1.60. The van der Waals surface area contributed by atoms with Gasteiger partial charge in [0, 0.05) is 12.6 Å². The van der Waals surface area contributed by atoms with Gasteiger partial charge in [-0.25, -0.2) is 0 Å². The van der Waals surface area contributed by atoms with E-state index in [1.807, 2.05) is 6.21 Å². The van der Waals surface area contributed by atoms with E-state index in [0.717, 1.165) is 12.1 Å². The van der Waals surface area contributed by atoms with Crippen molar-refractivity contribution in [2.75, 3.05) is 0 Å². The molecule has 0 saturated carbocycles. The quantitative estimate of drug-likeness (QED) is 0.667. The van der Waals surface area contributed by atoms with Gasteiger partial charge < -0.3 is 0 Å². The van der Waals surface area contributed by atoms with Crippen molar-refractivity contribution < 1.29 is 0 Å². The number of hydrogen-bond acceptors (Lipinski definition) is 1. The van der Waals surface area contributed by atoms with E-state index < -0.39 is 0 Å². The topological polar surface area (TPSA) is 12.4 Å². The van der Waals surface area contributed by atoms with Crippen molar-refractivity contribution in [3.8, 4) is 0 Å². The molecular weight excluding hydrogens is 170 g/mol. The summed E-state index contributed by atoms with van der Waals surface area (Å²) in [6, 6.07) is 8.69. The van der Waals surface area contributed by atoms with E-state index in [0.29, 0.717) is 5.92 Å². The highest BCUT2D eigenvalue weighted by Crippen LogP contribution is 2.22. The van der Waals surface area contributed by atoms with E-state index in [1.165, 1.54) is 11.1 Å². The smallest absolute Gasteiger partial charge is 0.0662 e. The van der Waals surface area contributed by atoms with Gasteiger partial charge in [-0.1, -0.05) is 44.2 Å². The van der Waals surface area contributed by atoms with Gasteiger partial charge in [0.1, 0.15) is 0 Å². The van der Waals surface area contributed by atoms with Crippen LogP contribution in [0.3, 0.4) is 0 Å². The first-order valence-corrected chi connectivity index (χ1v) is 5.10. The lowest BCUT2D eigenvalue weighted by atomic mass is 10.0. The number of benzene rings is 1. The van der Waals surface area contributed by atoms with Crippen molar-refractivity contribution in [3.63, 3.8) is 0 Å². The molecule has 1 aliphatic heterocycles. The second-order valence-corrected chi connectivity index (χ2v) is 3.91. The van der Waals surface area contributed by atoms with Gasteiger partial charge in [0.2, 0.25) is 0 Å². The Morgan fingerprint density at radius 1 is 1.14 bits per heavy atom. The maximum Gasteiger partial charge on any atom is 0.0662 e. The van der Waals surface area contributed by atoms with Crippen molar-refractivity contribution in [1.29, 1.82) is 0 Å². The van der Waals surface area contributed by atoms with Crippen molar-refractivity contribution in [3.05, 3.63) is 41.5 Å². The molecule has 1 nitrogen and oxygen atoms in total. The fraction of sp³-hybridized carbons (Fsp3) is 0.308. The van der Waals surface area contributed by atoms with Gasteiger partial charge >= 0.3 is 0 Å². The Morgan fingerprint density at radius 2 is 1.86 bits per heavy atom. The SMILES string of the molecule is CC(C)c1ccc(C2=CCC=N2)cc1. The summed E-state index contributed by atoms with van der Waals surface area (Å²) in [5, 5.41) is 0. The minimum absolute atomic E-state index is 0.602. The normalized spacial score (nSPS) is 14.9. The Balaban J connectivity index is 2.26. The average Bonchev–Trinajstić information content (AvgIpc) is 2.71. The fourth-order valence-corrected chi connectivity index (χ4v) is 1.60. The van der Waals surface area contributed by atoms with Crippen LogP contribution in [0.1, 0.15) is 37.3 Å². The van der Waals surface area contributed by atoms with Gasteiger partial charge in [0.25, 0.3) is 0 Å². The molecule has 0 unspecified atom stereocenters. The molecule has 1 aromatic carbocycles. The van der Waals surface area contributed by atoms with E-state index in [9.17, 15) is 0 Å². The predicted molar refractivity (Wildman–Crippen MR) is 61.6 cm³/mol. The summed E-state index contributed by atoms with van der Waals surface area (Å²) in [7, 11) is 0. The molecule has 0 radical (unpaired) electrons. The second-order valence-electron chi connectivity index (χ2n) is 3.91. The molecule has 1 heterocycles. The molecule has 0 spiro atoms. The van der Waals surface area contributed by atoms with Crippen LogP contribution in [0.5, 0.6) is 0 Å². The van der Waals surface area contributed by atoms with E-state index in [1.54, 1.807) is 0 Å². The molecule has 2 rings (SSSR count). The highest BCUT2D eigenvalue weighted by Gasteiger charge is 2.03. The maximum atomic E-state index is 4.32. The molecule has 72 valence electrons. The van der Waals surface area contributed by atoms with E-state index >= 15 is 0 Å². The van der Waals surface area contributed by atoms with Gasteiger partial charge in [0.15, 0.2) is 0 Å². The van der Waals surface area contributed by atoms with Crippen molar-refractivity contribution in [1.82, 2.24) is 0 Å². The zero-order valence-corrected chi connectivity index (χ0v) is 8.70. The van der Waals surface area contributed by atoms with Crippen LogP contribution in [0, 0.1) is 0 Å². The van der Waals surface area contributed by atoms with Crippen molar-refractivity contribution in [2.24, 2.45) is 4.99 Å². The Bertz CT molecular complexity index is 369. The molecule has 0 saturated heterocycles. The number of nitrogens with zero attached hydrogens (tertiary/aromatic N) is 1. The largest absolute Gasteiger partial charge is 0.261 e. The van der Waals surface area contributed by atoms with Gasteiger partial charge in [-0.05, 0) is 17.0 Å². The maximum absolute atomic E-state index is 4.32. The molecule has 1 aromatic rings. The van der Waals surface area contributed by atoms with Crippen LogP contribution in [0.2, 0.25) is 0 Å². The van der Waals surface area contributed by atoms with E-state index in [4.69, 9.17) is 0 Å². The third kappa shape index (κ3) is 1.77. The summed E-state index contributed by atoms with van der Waals surface area (Å²) < 4.78 is 0. The number of hydrogen-bond donors (Lipinski definition) is 0. The van der Waals surface area contributed by atoms with E-state index in [2.05, 4.69) is 49.2 Å². The Hall–Kier alpha value is -1.37. The highest BCUT2D eigenvalue weighted by molar-refractivity contribution is 5.81. The van der Waals surface area contributed by atoms with Crippen LogP contribution >= 0.6 is 0 Å². The lowest BCUT2D eigenvalue weighted by molar-refractivity contribution is 0.866.